The summed E-state index contributed by atoms with van der Waals surface area (Å²) >= 11 is 3.39. The van der Waals surface area contributed by atoms with Crippen LogP contribution in [0.1, 0.15) is 44.6 Å². The van der Waals surface area contributed by atoms with E-state index in [0.717, 1.165) is 21.4 Å². The molecular formula is C16H17BrN2O2. The molecule has 0 unspecified atom stereocenters. The number of hydrogen-bond donors (Lipinski definition) is 2. The number of nitrogens with one attached hydrogen (secondary N) is 2. The monoisotopic (exact) mass is 348 g/mol. The van der Waals surface area contributed by atoms with E-state index in [9.17, 15) is 9.59 Å². The van der Waals surface area contributed by atoms with Crippen molar-refractivity contribution >= 4 is 33.3 Å². The quantitative estimate of drug-likeness (QED) is 0.818. The SMILES string of the molecule is CC(=O)c1c(C)[nH]c(C(=O)Nc2cc(Br)ccc2C)c1C. The number of hydrogen-bond acceptors (Lipinski definition) is 2. The molecule has 0 bridgehead atoms. The zero-order valence-corrected chi connectivity index (χ0v) is 14.0. The lowest BCUT2D eigenvalue weighted by Crippen LogP contribution is -2.14. The molecule has 0 radical (unpaired) electrons. The average Bonchev–Trinajstić information content (AvgIpc) is 2.69. The first-order valence-corrected chi connectivity index (χ1v) is 7.38. The molecule has 2 rings (SSSR count). The first kappa shape index (κ1) is 15.5. The predicted molar refractivity (Wildman–Crippen MR) is 87.1 cm³/mol. The molecule has 5 heteroatoms. The van der Waals surface area contributed by atoms with E-state index < -0.39 is 0 Å². The van der Waals surface area contributed by atoms with Crippen LogP contribution in [0, 0.1) is 20.8 Å². The van der Waals surface area contributed by atoms with E-state index >= 15 is 0 Å². The maximum absolute atomic E-state index is 12.4. The second kappa shape index (κ2) is 5.85. The van der Waals surface area contributed by atoms with Crippen molar-refractivity contribution in [3.05, 3.63) is 50.8 Å². The van der Waals surface area contributed by atoms with Crippen LogP contribution in [-0.2, 0) is 0 Å². The first-order valence-electron chi connectivity index (χ1n) is 6.59. The lowest BCUT2D eigenvalue weighted by atomic mass is 10.1. The van der Waals surface area contributed by atoms with E-state index in [1.807, 2.05) is 25.1 Å². The molecule has 110 valence electrons. The van der Waals surface area contributed by atoms with Crippen LogP contribution in [0.5, 0.6) is 0 Å². The molecule has 0 fully saturated rings. The largest absolute Gasteiger partial charge is 0.354 e. The van der Waals surface area contributed by atoms with E-state index in [0.29, 0.717) is 16.8 Å². The van der Waals surface area contributed by atoms with E-state index in [4.69, 9.17) is 0 Å². The van der Waals surface area contributed by atoms with Gasteiger partial charge in [-0.25, -0.2) is 0 Å². The van der Waals surface area contributed by atoms with Crippen molar-refractivity contribution in [3.63, 3.8) is 0 Å². The molecular weight excluding hydrogens is 332 g/mol. The molecule has 21 heavy (non-hydrogen) atoms. The highest BCUT2D eigenvalue weighted by Gasteiger charge is 2.20. The van der Waals surface area contributed by atoms with Crippen LogP contribution >= 0.6 is 15.9 Å². The molecule has 1 aromatic carbocycles. The number of benzene rings is 1. The van der Waals surface area contributed by atoms with E-state index in [-0.39, 0.29) is 11.7 Å². The first-order chi connectivity index (χ1) is 9.81. The van der Waals surface area contributed by atoms with Gasteiger partial charge in [0, 0.05) is 21.4 Å². The number of halogens is 1. The summed E-state index contributed by atoms with van der Waals surface area (Å²) in [4.78, 5) is 27.0. The second-order valence-electron chi connectivity index (χ2n) is 5.09. The number of aromatic amines is 1. The van der Waals surface area contributed by atoms with E-state index in [2.05, 4.69) is 26.2 Å². The highest BCUT2D eigenvalue weighted by molar-refractivity contribution is 9.10. The molecule has 0 aliphatic rings. The Morgan fingerprint density at radius 2 is 1.86 bits per heavy atom. The lowest BCUT2D eigenvalue weighted by molar-refractivity contribution is 0.101. The molecule has 0 saturated heterocycles. The Hall–Kier alpha value is -1.88. The predicted octanol–water partition coefficient (Wildman–Crippen LogP) is 4.16. The minimum atomic E-state index is -0.246. The second-order valence-corrected chi connectivity index (χ2v) is 6.01. The summed E-state index contributed by atoms with van der Waals surface area (Å²) in [5.74, 6) is -0.289. The molecule has 0 saturated carbocycles. The Morgan fingerprint density at radius 1 is 1.19 bits per heavy atom. The fourth-order valence-electron chi connectivity index (χ4n) is 2.42. The minimum absolute atomic E-state index is 0.0427. The minimum Gasteiger partial charge on any atom is -0.354 e. The molecule has 2 aromatic rings. The molecule has 4 nitrogen and oxygen atoms in total. The lowest BCUT2D eigenvalue weighted by Gasteiger charge is -2.08. The van der Waals surface area contributed by atoms with Crippen molar-refractivity contribution in [2.24, 2.45) is 0 Å². The number of Topliss-reactive ketones (excluding diaryl/α,β-unsaturated/α-hetero) is 1. The van der Waals surface area contributed by atoms with Gasteiger partial charge in [-0.05, 0) is 51.0 Å². The summed E-state index contributed by atoms with van der Waals surface area (Å²) in [5.41, 5.74) is 4.13. The van der Waals surface area contributed by atoms with Crippen molar-refractivity contribution < 1.29 is 9.59 Å². The number of ketones is 1. The maximum Gasteiger partial charge on any atom is 0.272 e. The van der Waals surface area contributed by atoms with Crippen molar-refractivity contribution in [3.8, 4) is 0 Å². The zero-order valence-electron chi connectivity index (χ0n) is 12.4. The normalized spacial score (nSPS) is 10.5. The number of aryl methyl sites for hydroxylation is 2. The Morgan fingerprint density at radius 3 is 2.43 bits per heavy atom. The zero-order chi connectivity index (χ0) is 15.7. The number of carbonyl (C=O) groups is 2. The van der Waals surface area contributed by atoms with Crippen LogP contribution in [0.25, 0.3) is 0 Å². The van der Waals surface area contributed by atoms with Gasteiger partial charge in [0.15, 0.2) is 5.78 Å². The summed E-state index contributed by atoms with van der Waals surface area (Å²) in [6.07, 6.45) is 0. The molecule has 0 atom stereocenters. The third-order valence-corrected chi connectivity index (χ3v) is 3.96. The topological polar surface area (TPSA) is 62.0 Å². The standard InChI is InChI=1S/C16H17BrN2O2/c1-8-5-6-12(17)7-13(8)19-16(21)15-9(2)14(11(4)20)10(3)18-15/h5-7,18H,1-4H3,(H,19,21). The maximum atomic E-state index is 12.4. The van der Waals surface area contributed by atoms with E-state index in [1.165, 1.54) is 6.92 Å². The summed E-state index contributed by atoms with van der Waals surface area (Å²) in [5, 5.41) is 2.88. The highest BCUT2D eigenvalue weighted by Crippen LogP contribution is 2.23. The Balaban J connectivity index is 2.35. The number of anilines is 1. The number of amides is 1. The molecule has 1 heterocycles. The van der Waals surface area contributed by atoms with Crippen molar-refractivity contribution in [1.29, 1.82) is 0 Å². The Kier molecular flexibility index (Phi) is 4.32. The number of carbonyl (C=O) groups excluding carboxylic acids is 2. The summed E-state index contributed by atoms with van der Waals surface area (Å²) in [6, 6.07) is 5.70. The summed E-state index contributed by atoms with van der Waals surface area (Å²) < 4.78 is 0.896. The number of aromatic nitrogens is 1. The van der Waals surface area contributed by atoms with Crippen LogP contribution in [0.2, 0.25) is 0 Å². The van der Waals surface area contributed by atoms with Gasteiger partial charge < -0.3 is 10.3 Å². The third-order valence-electron chi connectivity index (χ3n) is 3.46. The van der Waals surface area contributed by atoms with Crippen molar-refractivity contribution in [2.75, 3.05) is 5.32 Å². The van der Waals surface area contributed by atoms with Gasteiger partial charge >= 0.3 is 0 Å². The molecule has 2 N–H and O–H groups in total. The molecule has 1 amide bonds. The van der Waals surface area contributed by atoms with Gasteiger partial charge in [0.2, 0.25) is 0 Å². The van der Waals surface area contributed by atoms with Crippen LogP contribution < -0.4 is 5.32 Å². The van der Waals surface area contributed by atoms with Crippen LogP contribution in [-0.4, -0.2) is 16.7 Å². The summed E-state index contributed by atoms with van der Waals surface area (Å²) in [6.45, 7) is 7.01. The Labute approximate surface area is 132 Å². The summed E-state index contributed by atoms with van der Waals surface area (Å²) in [7, 11) is 0. The fourth-order valence-corrected chi connectivity index (χ4v) is 2.78. The third kappa shape index (κ3) is 3.08. The average molecular weight is 349 g/mol. The van der Waals surface area contributed by atoms with Gasteiger partial charge in [-0.2, -0.15) is 0 Å². The van der Waals surface area contributed by atoms with Gasteiger partial charge in [-0.3, -0.25) is 9.59 Å². The van der Waals surface area contributed by atoms with Gasteiger partial charge in [0.25, 0.3) is 5.91 Å². The van der Waals surface area contributed by atoms with Crippen LogP contribution in [0.4, 0.5) is 5.69 Å². The molecule has 0 aliphatic heterocycles. The molecule has 1 aromatic heterocycles. The van der Waals surface area contributed by atoms with Crippen LogP contribution in [0.15, 0.2) is 22.7 Å². The highest BCUT2D eigenvalue weighted by atomic mass is 79.9. The molecule has 0 aliphatic carbocycles. The van der Waals surface area contributed by atoms with Gasteiger partial charge in [0.1, 0.15) is 5.69 Å². The smallest absolute Gasteiger partial charge is 0.272 e. The van der Waals surface area contributed by atoms with Gasteiger partial charge in [0.05, 0.1) is 0 Å². The van der Waals surface area contributed by atoms with Crippen molar-refractivity contribution in [1.82, 2.24) is 4.98 Å². The number of H-pyrrole nitrogens is 1. The van der Waals surface area contributed by atoms with Gasteiger partial charge in [-0.1, -0.05) is 22.0 Å². The van der Waals surface area contributed by atoms with Crippen molar-refractivity contribution in [2.45, 2.75) is 27.7 Å². The molecule has 0 spiro atoms. The Bertz CT molecular complexity index is 732. The van der Waals surface area contributed by atoms with E-state index in [1.54, 1.807) is 13.8 Å². The number of rotatable bonds is 3. The van der Waals surface area contributed by atoms with Crippen LogP contribution in [0.3, 0.4) is 0 Å². The fraction of sp³-hybridized carbons (Fsp3) is 0.250. The van der Waals surface area contributed by atoms with Gasteiger partial charge in [-0.15, -0.1) is 0 Å².